The molecule has 0 radical (unpaired) electrons. The molecule has 1 fully saturated rings. The Morgan fingerprint density at radius 3 is 2.67 bits per heavy atom. The lowest BCUT2D eigenvalue weighted by molar-refractivity contribution is 0.00703. The number of rotatable bonds is 3. The van der Waals surface area contributed by atoms with Gasteiger partial charge >= 0.3 is 11.8 Å². The van der Waals surface area contributed by atoms with Crippen LogP contribution in [0.2, 0.25) is 0 Å². The van der Waals surface area contributed by atoms with Crippen LogP contribution >= 0.6 is 0 Å². The molecule has 0 saturated carbocycles. The van der Waals surface area contributed by atoms with Crippen molar-refractivity contribution in [2.45, 2.75) is 12.8 Å². The molecule has 0 bridgehead atoms. The molecule has 2 aromatic rings. The first-order valence-electron chi connectivity index (χ1n) is 6.83. The van der Waals surface area contributed by atoms with Gasteiger partial charge in [0.1, 0.15) is 0 Å². The van der Waals surface area contributed by atoms with Crippen molar-refractivity contribution in [2.75, 3.05) is 31.1 Å². The maximum absolute atomic E-state index is 14.5. The Morgan fingerprint density at radius 1 is 1.24 bits per heavy atom. The summed E-state index contributed by atoms with van der Waals surface area (Å²) in [6.07, 6.45) is 0. The van der Waals surface area contributed by atoms with Crippen LogP contribution in [0.15, 0.2) is 28.8 Å². The number of hydrogen-bond acceptors (Lipinski definition) is 5. The molecule has 0 atom stereocenters. The summed E-state index contributed by atoms with van der Waals surface area (Å²) in [5.74, 6) is -3.73. The monoisotopic (exact) mass is 294 g/mol. The third kappa shape index (κ3) is 2.61. The van der Waals surface area contributed by atoms with Crippen LogP contribution in [0, 0.1) is 6.92 Å². The molecule has 1 aliphatic rings. The molecule has 3 rings (SSSR count). The fraction of sp³-hybridized carbons (Fsp3) is 0.429. The van der Waals surface area contributed by atoms with E-state index in [1.807, 2.05) is 4.90 Å². The van der Waals surface area contributed by atoms with E-state index in [-0.39, 0.29) is 11.5 Å². The standard InChI is InChI=1S/C14H16F2N4O/c1-10-4-2-3-5-11(10)14(15,16)12-18-13(19-21-12)20-8-6-17-7-9-20/h2-5,17H,6-9H2,1H3. The van der Waals surface area contributed by atoms with Crippen molar-refractivity contribution >= 4 is 5.95 Å². The van der Waals surface area contributed by atoms with Crippen LogP contribution in [-0.4, -0.2) is 36.3 Å². The van der Waals surface area contributed by atoms with E-state index in [1.54, 1.807) is 25.1 Å². The number of benzene rings is 1. The molecule has 0 aliphatic carbocycles. The van der Waals surface area contributed by atoms with E-state index in [1.165, 1.54) is 6.07 Å². The lowest BCUT2D eigenvalue weighted by atomic mass is 10.0. The van der Waals surface area contributed by atoms with E-state index in [4.69, 9.17) is 4.52 Å². The summed E-state index contributed by atoms with van der Waals surface area (Å²) < 4.78 is 33.8. The molecular formula is C14H16F2N4O. The van der Waals surface area contributed by atoms with Gasteiger partial charge in [0.15, 0.2) is 0 Å². The Bertz CT molecular complexity index is 623. The molecule has 112 valence electrons. The smallest absolute Gasteiger partial charge is 0.336 e. The minimum Gasteiger partial charge on any atom is -0.336 e. The van der Waals surface area contributed by atoms with Gasteiger partial charge < -0.3 is 14.7 Å². The predicted octanol–water partition coefficient (Wildman–Crippen LogP) is 1.93. The molecule has 5 nitrogen and oxygen atoms in total. The van der Waals surface area contributed by atoms with Crippen molar-refractivity contribution in [1.82, 2.24) is 15.5 Å². The van der Waals surface area contributed by atoms with Crippen LogP contribution in [0.5, 0.6) is 0 Å². The molecule has 1 N–H and O–H groups in total. The van der Waals surface area contributed by atoms with Crippen LogP contribution in [0.1, 0.15) is 17.0 Å². The fourth-order valence-corrected chi connectivity index (χ4v) is 2.38. The summed E-state index contributed by atoms with van der Waals surface area (Å²) in [7, 11) is 0. The topological polar surface area (TPSA) is 54.2 Å². The first-order valence-corrected chi connectivity index (χ1v) is 6.83. The van der Waals surface area contributed by atoms with E-state index in [0.717, 1.165) is 13.1 Å². The largest absolute Gasteiger partial charge is 0.350 e. The number of hydrogen-bond donors (Lipinski definition) is 1. The summed E-state index contributed by atoms with van der Waals surface area (Å²) >= 11 is 0. The highest BCUT2D eigenvalue weighted by molar-refractivity contribution is 5.35. The fourth-order valence-electron chi connectivity index (χ4n) is 2.38. The number of halogens is 2. The highest BCUT2D eigenvalue weighted by Gasteiger charge is 2.42. The van der Waals surface area contributed by atoms with Crippen molar-refractivity contribution in [2.24, 2.45) is 0 Å². The van der Waals surface area contributed by atoms with Gasteiger partial charge in [-0.05, 0) is 17.6 Å². The van der Waals surface area contributed by atoms with E-state index < -0.39 is 11.8 Å². The normalized spacial score (nSPS) is 16.2. The van der Waals surface area contributed by atoms with Gasteiger partial charge in [0.05, 0.1) is 0 Å². The minimum atomic E-state index is -3.29. The number of nitrogens with zero attached hydrogens (tertiary/aromatic N) is 3. The van der Waals surface area contributed by atoms with E-state index >= 15 is 0 Å². The number of nitrogens with one attached hydrogen (secondary N) is 1. The van der Waals surface area contributed by atoms with Crippen LogP contribution in [0.25, 0.3) is 0 Å². The van der Waals surface area contributed by atoms with Crippen LogP contribution in [0.4, 0.5) is 14.7 Å². The van der Waals surface area contributed by atoms with Gasteiger partial charge in [-0.25, -0.2) is 0 Å². The predicted molar refractivity (Wildman–Crippen MR) is 73.6 cm³/mol. The molecule has 21 heavy (non-hydrogen) atoms. The number of aromatic nitrogens is 2. The summed E-state index contributed by atoms with van der Waals surface area (Å²) in [5, 5.41) is 6.87. The van der Waals surface area contributed by atoms with Gasteiger partial charge in [0.2, 0.25) is 0 Å². The highest BCUT2D eigenvalue weighted by Crippen LogP contribution is 2.36. The average Bonchev–Trinajstić information content (AvgIpc) is 2.99. The van der Waals surface area contributed by atoms with Gasteiger partial charge in [0, 0.05) is 31.7 Å². The van der Waals surface area contributed by atoms with Crippen molar-refractivity contribution in [1.29, 1.82) is 0 Å². The maximum Gasteiger partial charge on any atom is 0.350 e. The van der Waals surface area contributed by atoms with Crippen molar-refractivity contribution in [3.8, 4) is 0 Å². The summed E-state index contributed by atoms with van der Waals surface area (Å²) in [5.41, 5.74) is 0.380. The van der Waals surface area contributed by atoms with E-state index in [2.05, 4.69) is 15.5 Å². The summed E-state index contributed by atoms with van der Waals surface area (Å²) in [4.78, 5) is 5.72. The average molecular weight is 294 g/mol. The summed E-state index contributed by atoms with van der Waals surface area (Å²) in [6.45, 7) is 4.54. The van der Waals surface area contributed by atoms with Crippen LogP contribution in [0.3, 0.4) is 0 Å². The SMILES string of the molecule is Cc1ccccc1C(F)(F)c1nc(N2CCNCC2)no1. The molecule has 7 heteroatoms. The lowest BCUT2D eigenvalue weighted by Crippen LogP contribution is -2.44. The third-order valence-corrected chi connectivity index (χ3v) is 3.57. The van der Waals surface area contributed by atoms with Crippen LogP contribution in [-0.2, 0) is 5.92 Å². The second-order valence-corrected chi connectivity index (χ2v) is 5.03. The van der Waals surface area contributed by atoms with Gasteiger partial charge in [-0.2, -0.15) is 13.8 Å². The zero-order chi connectivity index (χ0) is 14.9. The first kappa shape index (κ1) is 13.9. The van der Waals surface area contributed by atoms with Crippen molar-refractivity contribution < 1.29 is 13.3 Å². The van der Waals surface area contributed by atoms with Gasteiger partial charge in [-0.1, -0.05) is 24.3 Å². The van der Waals surface area contributed by atoms with Gasteiger partial charge in [-0.3, -0.25) is 0 Å². The molecule has 2 heterocycles. The Morgan fingerprint density at radius 2 is 1.95 bits per heavy atom. The zero-order valence-corrected chi connectivity index (χ0v) is 11.6. The molecule has 0 unspecified atom stereocenters. The third-order valence-electron chi connectivity index (χ3n) is 3.57. The van der Waals surface area contributed by atoms with Crippen molar-refractivity contribution in [3.63, 3.8) is 0 Å². The first-order chi connectivity index (χ1) is 10.1. The Labute approximate surface area is 120 Å². The van der Waals surface area contributed by atoms with Gasteiger partial charge in [-0.15, -0.1) is 0 Å². The molecule has 1 saturated heterocycles. The van der Waals surface area contributed by atoms with E-state index in [0.29, 0.717) is 18.7 Å². The number of anilines is 1. The molecule has 0 amide bonds. The van der Waals surface area contributed by atoms with Crippen LogP contribution < -0.4 is 10.2 Å². The lowest BCUT2D eigenvalue weighted by Gasteiger charge is -2.25. The Hall–Kier alpha value is -2.02. The second kappa shape index (κ2) is 5.40. The molecule has 1 aromatic carbocycles. The Balaban J connectivity index is 1.89. The summed E-state index contributed by atoms with van der Waals surface area (Å²) in [6, 6.07) is 6.31. The molecule has 1 aliphatic heterocycles. The minimum absolute atomic E-state index is 0.111. The van der Waals surface area contributed by atoms with Crippen molar-refractivity contribution in [3.05, 3.63) is 41.3 Å². The van der Waals surface area contributed by atoms with E-state index in [9.17, 15) is 8.78 Å². The molecule has 0 spiro atoms. The Kier molecular flexibility index (Phi) is 3.59. The number of aryl methyl sites for hydroxylation is 1. The molecule has 1 aromatic heterocycles. The van der Waals surface area contributed by atoms with Gasteiger partial charge in [0.25, 0.3) is 5.95 Å². The number of piperazine rings is 1. The maximum atomic E-state index is 14.5. The quantitative estimate of drug-likeness (QED) is 0.937. The molecular weight excluding hydrogens is 278 g/mol. The second-order valence-electron chi connectivity index (χ2n) is 5.03. The number of alkyl halides is 2. The zero-order valence-electron chi connectivity index (χ0n) is 11.6. The highest BCUT2D eigenvalue weighted by atomic mass is 19.3.